The average molecular weight is 405 g/mol. The summed E-state index contributed by atoms with van der Waals surface area (Å²) in [5, 5.41) is 2.35. The fraction of sp³-hybridized carbons (Fsp3) is 0.542. The van der Waals surface area contributed by atoms with E-state index in [4.69, 9.17) is 14.3 Å². The Morgan fingerprint density at radius 1 is 1.13 bits per heavy atom. The Labute approximate surface area is 179 Å². The van der Waals surface area contributed by atoms with Gasteiger partial charge in [0.25, 0.3) is 0 Å². The predicted octanol–water partition coefficient (Wildman–Crippen LogP) is 4.56. The van der Waals surface area contributed by atoms with Crippen LogP contribution in [0.15, 0.2) is 30.3 Å². The molecule has 0 radical (unpaired) electrons. The third-order valence-electron chi connectivity index (χ3n) is 7.23. The molecule has 2 saturated heterocycles. The molecule has 6 heteroatoms. The normalized spacial score (nSPS) is 23.8. The molecular weight excluding hydrogens is 373 g/mol. The molecule has 30 heavy (non-hydrogen) atoms. The van der Waals surface area contributed by atoms with Crippen LogP contribution in [0.5, 0.6) is 0 Å². The first-order chi connectivity index (χ1) is 14.3. The number of hydrogen-bond acceptors (Lipinski definition) is 4. The van der Waals surface area contributed by atoms with Crippen LogP contribution in [0, 0.1) is 0 Å². The van der Waals surface area contributed by atoms with E-state index in [1.54, 1.807) is 0 Å². The van der Waals surface area contributed by atoms with E-state index in [1.807, 2.05) is 0 Å². The van der Waals surface area contributed by atoms with Crippen LogP contribution in [-0.4, -0.2) is 46.3 Å². The molecular formula is C24H32BN3O2. The van der Waals surface area contributed by atoms with E-state index in [1.165, 1.54) is 36.6 Å². The van der Waals surface area contributed by atoms with Crippen LogP contribution in [0.3, 0.4) is 0 Å². The summed E-state index contributed by atoms with van der Waals surface area (Å²) in [5.41, 5.74) is 2.57. The molecule has 2 aliphatic heterocycles. The van der Waals surface area contributed by atoms with Gasteiger partial charge in [-0.25, -0.2) is 4.98 Å². The van der Waals surface area contributed by atoms with Gasteiger partial charge >= 0.3 is 7.12 Å². The van der Waals surface area contributed by atoms with E-state index in [2.05, 4.69) is 74.8 Å². The number of imidazole rings is 1. The van der Waals surface area contributed by atoms with Crippen molar-refractivity contribution in [3.05, 3.63) is 36.2 Å². The van der Waals surface area contributed by atoms with E-state index in [-0.39, 0.29) is 18.3 Å². The van der Waals surface area contributed by atoms with Crippen LogP contribution in [-0.2, 0) is 9.31 Å². The molecule has 2 fully saturated rings. The summed E-state index contributed by atoms with van der Waals surface area (Å²) in [6, 6.07) is 11.2. The Hall–Kier alpha value is -1.89. The molecule has 0 spiro atoms. The Kier molecular flexibility index (Phi) is 4.73. The summed E-state index contributed by atoms with van der Waals surface area (Å²) in [4.78, 5) is 11.2. The molecule has 3 heterocycles. The SMILES string of the molecule is CCCN1CCC[C@H]1c1nc2c(ccc3cc(B4OC(C)(C)C(C)(C)O4)ccc32)[nH]1. The van der Waals surface area contributed by atoms with Gasteiger partial charge in [-0.2, -0.15) is 0 Å². The standard InChI is InChI=1S/C24H32BN3O2/c1-6-13-28-14-7-8-20(28)22-26-19-12-9-16-15-17(10-11-18(16)21(19)27-22)25-29-23(2,3)24(4,5)30-25/h9-12,15,20H,6-8,13-14H2,1-5H3,(H,26,27)/t20-/m0/s1. The molecule has 5 rings (SSSR count). The van der Waals surface area contributed by atoms with Crippen molar-refractivity contribution in [2.75, 3.05) is 13.1 Å². The fourth-order valence-electron chi connectivity index (χ4n) is 4.81. The number of rotatable bonds is 4. The van der Waals surface area contributed by atoms with E-state index in [0.717, 1.165) is 28.9 Å². The summed E-state index contributed by atoms with van der Waals surface area (Å²) in [5.74, 6) is 1.11. The summed E-state index contributed by atoms with van der Waals surface area (Å²) in [6.07, 6.45) is 3.62. The zero-order valence-electron chi connectivity index (χ0n) is 18.8. The second kappa shape index (κ2) is 7.08. The summed E-state index contributed by atoms with van der Waals surface area (Å²) >= 11 is 0. The van der Waals surface area contributed by atoms with Gasteiger partial charge in [0.1, 0.15) is 5.82 Å². The summed E-state index contributed by atoms with van der Waals surface area (Å²) < 4.78 is 12.5. The van der Waals surface area contributed by atoms with Crippen LogP contribution in [0.1, 0.15) is 65.7 Å². The average Bonchev–Trinajstić information content (AvgIpc) is 3.37. The van der Waals surface area contributed by atoms with Gasteiger partial charge in [-0.05, 0) is 77.0 Å². The highest BCUT2D eigenvalue weighted by Gasteiger charge is 2.51. The third kappa shape index (κ3) is 3.17. The molecule has 2 aliphatic rings. The molecule has 1 N–H and O–H groups in total. The van der Waals surface area contributed by atoms with Gasteiger partial charge in [-0.3, -0.25) is 4.90 Å². The zero-order chi connectivity index (χ0) is 21.1. The molecule has 5 nitrogen and oxygen atoms in total. The first kappa shape index (κ1) is 20.0. The van der Waals surface area contributed by atoms with Gasteiger partial charge in [-0.15, -0.1) is 0 Å². The Bertz CT molecular complexity index is 1070. The van der Waals surface area contributed by atoms with Gasteiger partial charge in [-0.1, -0.05) is 31.2 Å². The maximum atomic E-state index is 6.24. The second-order valence-corrected chi connectivity index (χ2v) is 9.85. The van der Waals surface area contributed by atoms with E-state index >= 15 is 0 Å². The molecule has 2 aromatic carbocycles. The van der Waals surface area contributed by atoms with Crippen LogP contribution < -0.4 is 5.46 Å². The lowest BCUT2D eigenvalue weighted by molar-refractivity contribution is 0.00578. The number of aromatic nitrogens is 2. The Morgan fingerprint density at radius 2 is 1.90 bits per heavy atom. The number of nitrogens with zero attached hydrogens (tertiary/aromatic N) is 2. The smallest absolute Gasteiger partial charge is 0.399 e. The number of fused-ring (bicyclic) bond motifs is 3. The minimum Gasteiger partial charge on any atom is -0.399 e. The van der Waals surface area contributed by atoms with Crippen molar-refractivity contribution in [1.82, 2.24) is 14.9 Å². The molecule has 0 saturated carbocycles. The van der Waals surface area contributed by atoms with Crippen LogP contribution in [0.2, 0.25) is 0 Å². The minimum atomic E-state index is -0.342. The monoisotopic (exact) mass is 405 g/mol. The molecule has 0 unspecified atom stereocenters. The largest absolute Gasteiger partial charge is 0.494 e. The third-order valence-corrected chi connectivity index (χ3v) is 7.23. The lowest BCUT2D eigenvalue weighted by Gasteiger charge is -2.32. The maximum Gasteiger partial charge on any atom is 0.494 e. The Morgan fingerprint density at radius 3 is 2.63 bits per heavy atom. The topological polar surface area (TPSA) is 50.4 Å². The number of benzene rings is 2. The maximum absolute atomic E-state index is 6.24. The van der Waals surface area contributed by atoms with Crippen molar-refractivity contribution < 1.29 is 9.31 Å². The number of aromatic amines is 1. The molecule has 1 atom stereocenters. The number of hydrogen-bond donors (Lipinski definition) is 1. The van der Waals surface area contributed by atoms with Crippen LogP contribution in [0.25, 0.3) is 21.8 Å². The molecule has 0 amide bonds. The Balaban J connectivity index is 1.50. The molecule has 3 aromatic rings. The van der Waals surface area contributed by atoms with Crippen molar-refractivity contribution in [2.45, 2.75) is 71.1 Å². The van der Waals surface area contributed by atoms with Gasteiger partial charge in [0.15, 0.2) is 0 Å². The molecule has 1 aromatic heterocycles. The molecule has 0 bridgehead atoms. The van der Waals surface area contributed by atoms with E-state index in [9.17, 15) is 0 Å². The lowest BCUT2D eigenvalue weighted by Crippen LogP contribution is -2.41. The van der Waals surface area contributed by atoms with Gasteiger partial charge in [0, 0.05) is 5.39 Å². The molecule has 158 valence electrons. The lowest BCUT2D eigenvalue weighted by atomic mass is 9.78. The van der Waals surface area contributed by atoms with Crippen LogP contribution in [0.4, 0.5) is 0 Å². The highest BCUT2D eigenvalue weighted by molar-refractivity contribution is 6.62. The van der Waals surface area contributed by atoms with Crippen molar-refractivity contribution in [3.63, 3.8) is 0 Å². The first-order valence-electron chi connectivity index (χ1n) is 11.3. The van der Waals surface area contributed by atoms with Gasteiger partial charge < -0.3 is 14.3 Å². The minimum absolute atomic E-state index is 0.334. The number of H-pyrrole nitrogens is 1. The van der Waals surface area contributed by atoms with E-state index in [0.29, 0.717) is 6.04 Å². The number of likely N-dealkylation sites (tertiary alicyclic amines) is 1. The fourth-order valence-corrected chi connectivity index (χ4v) is 4.81. The van der Waals surface area contributed by atoms with Gasteiger partial charge in [0.2, 0.25) is 0 Å². The van der Waals surface area contributed by atoms with Gasteiger partial charge in [0.05, 0.1) is 28.3 Å². The highest BCUT2D eigenvalue weighted by Crippen LogP contribution is 2.37. The van der Waals surface area contributed by atoms with Crippen molar-refractivity contribution >= 4 is 34.4 Å². The first-order valence-corrected chi connectivity index (χ1v) is 11.3. The molecule has 0 aliphatic carbocycles. The predicted molar refractivity (Wildman–Crippen MR) is 123 cm³/mol. The van der Waals surface area contributed by atoms with Crippen LogP contribution >= 0.6 is 0 Å². The zero-order valence-corrected chi connectivity index (χ0v) is 18.8. The second-order valence-electron chi connectivity index (χ2n) is 9.85. The summed E-state index contributed by atoms with van der Waals surface area (Å²) in [6.45, 7) is 12.9. The van der Waals surface area contributed by atoms with Crippen molar-refractivity contribution in [2.24, 2.45) is 0 Å². The van der Waals surface area contributed by atoms with Crippen molar-refractivity contribution in [3.8, 4) is 0 Å². The number of nitrogens with one attached hydrogen (secondary N) is 1. The summed E-state index contributed by atoms with van der Waals surface area (Å²) in [7, 11) is -0.342. The van der Waals surface area contributed by atoms with Crippen molar-refractivity contribution in [1.29, 1.82) is 0 Å². The highest BCUT2D eigenvalue weighted by atomic mass is 16.7. The quantitative estimate of drug-likeness (QED) is 0.647. The van der Waals surface area contributed by atoms with E-state index < -0.39 is 0 Å².